The van der Waals surface area contributed by atoms with Gasteiger partial charge in [-0.25, -0.2) is 0 Å². The molecule has 0 saturated carbocycles. The molecule has 1 aromatic heterocycles. The molecular weight excluding hydrogens is 452 g/mol. The highest BCUT2D eigenvalue weighted by Crippen LogP contribution is 2.47. The van der Waals surface area contributed by atoms with Gasteiger partial charge in [0.05, 0.1) is 38.7 Å². The summed E-state index contributed by atoms with van der Waals surface area (Å²) in [6, 6.07) is 13.1. The van der Waals surface area contributed by atoms with Crippen LogP contribution in [0.4, 0.5) is 0 Å². The number of methoxy groups -OCH3 is 3. The van der Waals surface area contributed by atoms with E-state index in [0.29, 0.717) is 50.7 Å². The number of carbonyl (C=O) groups is 1. The van der Waals surface area contributed by atoms with E-state index in [9.17, 15) is 14.7 Å². The smallest absolute Gasteiger partial charge is 0.312 e. The molecule has 8 heteroatoms. The van der Waals surface area contributed by atoms with Crippen LogP contribution >= 0.6 is 0 Å². The summed E-state index contributed by atoms with van der Waals surface area (Å²) in [4.78, 5) is 25.9. The molecule has 3 aromatic carbocycles. The fourth-order valence-corrected chi connectivity index (χ4v) is 4.48. The molecular formula is C27H22O8. The minimum Gasteiger partial charge on any atom is -0.508 e. The van der Waals surface area contributed by atoms with Gasteiger partial charge in [0.15, 0.2) is 11.5 Å². The highest BCUT2D eigenvalue weighted by molar-refractivity contribution is 5.90. The summed E-state index contributed by atoms with van der Waals surface area (Å²) in [5, 5.41) is 9.93. The molecule has 5 rings (SSSR count). The fraction of sp³-hybridized carbons (Fsp3) is 0.185. The summed E-state index contributed by atoms with van der Waals surface area (Å²) in [6.45, 7) is 0. The van der Waals surface area contributed by atoms with Crippen LogP contribution in [0.2, 0.25) is 0 Å². The molecule has 8 nitrogen and oxygen atoms in total. The Hall–Kier alpha value is -4.46. The van der Waals surface area contributed by atoms with Crippen LogP contribution in [-0.4, -0.2) is 32.4 Å². The summed E-state index contributed by atoms with van der Waals surface area (Å²) in [7, 11) is 4.55. The normalized spacial score (nSPS) is 14.8. The topological polar surface area (TPSA) is 104 Å². The molecule has 0 unspecified atom stereocenters. The van der Waals surface area contributed by atoms with Crippen LogP contribution in [0.1, 0.15) is 23.5 Å². The van der Waals surface area contributed by atoms with Crippen LogP contribution in [0.3, 0.4) is 0 Å². The van der Waals surface area contributed by atoms with Crippen molar-refractivity contribution in [1.29, 1.82) is 0 Å². The van der Waals surface area contributed by atoms with Gasteiger partial charge in [-0.3, -0.25) is 9.59 Å². The van der Waals surface area contributed by atoms with E-state index in [4.69, 9.17) is 23.4 Å². The Morgan fingerprint density at radius 1 is 0.914 bits per heavy atom. The Labute approximate surface area is 200 Å². The predicted octanol–water partition coefficient (Wildman–Crippen LogP) is 4.63. The number of carbonyl (C=O) groups excluding carboxylic acids is 1. The van der Waals surface area contributed by atoms with Crippen molar-refractivity contribution in [3.05, 3.63) is 76.1 Å². The average Bonchev–Trinajstić information content (AvgIpc) is 2.87. The first-order valence-electron chi connectivity index (χ1n) is 10.8. The van der Waals surface area contributed by atoms with Gasteiger partial charge in [-0.05, 0) is 47.5 Å². The number of benzene rings is 3. The summed E-state index contributed by atoms with van der Waals surface area (Å²) < 4.78 is 27.9. The molecule has 1 aliphatic heterocycles. The Kier molecular flexibility index (Phi) is 5.56. The third kappa shape index (κ3) is 3.73. The van der Waals surface area contributed by atoms with Gasteiger partial charge in [0.25, 0.3) is 0 Å². The molecule has 0 fully saturated rings. The molecule has 4 aromatic rings. The second-order valence-electron chi connectivity index (χ2n) is 8.07. The molecule has 0 saturated heterocycles. The molecule has 0 aliphatic carbocycles. The number of esters is 1. The van der Waals surface area contributed by atoms with Gasteiger partial charge in [-0.15, -0.1) is 0 Å². The van der Waals surface area contributed by atoms with Crippen LogP contribution < -0.4 is 24.4 Å². The molecule has 178 valence electrons. The number of hydrogen-bond donors (Lipinski definition) is 1. The maximum Gasteiger partial charge on any atom is 0.312 e. The van der Waals surface area contributed by atoms with Crippen molar-refractivity contribution in [1.82, 2.24) is 0 Å². The molecule has 0 spiro atoms. The standard InChI is InChI=1S/C27H22O8/c1-31-21-10-15(11-22(32-2)27(21)33-3)18-12-23(29)35-20-9-8-17-25(30)19(13-34-26(17)24(18)20)14-4-6-16(28)7-5-14/h4-11,13,18,28H,12H2,1-3H3/t18-/m1/s1. The van der Waals surface area contributed by atoms with Crippen LogP contribution in [0.5, 0.6) is 28.7 Å². The maximum absolute atomic E-state index is 13.4. The number of aromatic hydroxyl groups is 1. The van der Waals surface area contributed by atoms with Gasteiger partial charge >= 0.3 is 5.97 Å². The number of phenolic OH excluding ortho intramolecular Hbond substituents is 1. The van der Waals surface area contributed by atoms with E-state index in [1.165, 1.54) is 39.7 Å². The maximum atomic E-state index is 13.4. The Morgan fingerprint density at radius 2 is 1.60 bits per heavy atom. The van der Waals surface area contributed by atoms with E-state index in [0.717, 1.165) is 5.56 Å². The highest BCUT2D eigenvalue weighted by atomic mass is 16.5. The van der Waals surface area contributed by atoms with Crippen molar-refractivity contribution in [2.45, 2.75) is 12.3 Å². The highest BCUT2D eigenvalue weighted by Gasteiger charge is 2.33. The molecule has 2 heterocycles. The van der Waals surface area contributed by atoms with E-state index in [-0.39, 0.29) is 17.6 Å². The predicted molar refractivity (Wildman–Crippen MR) is 128 cm³/mol. The lowest BCUT2D eigenvalue weighted by molar-refractivity contribution is -0.135. The minimum atomic E-state index is -0.480. The van der Waals surface area contributed by atoms with Gasteiger partial charge in [-0.1, -0.05) is 12.1 Å². The molecule has 0 bridgehead atoms. The van der Waals surface area contributed by atoms with E-state index in [1.807, 2.05) is 0 Å². The Bertz CT molecular complexity index is 1480. The van der Waals surface area contributed by atoms with E-state index >= 15 is 0 Å². The third-order valence-corrected chi connectivity index (χ3v) is 6.15. The van der Waals surface area contributed by atoms with Crippen LogP contribution in [-0.2, 0) is 4.79 Å². The second kappa shape index (κ2) is 8.72. The van der Waals surface area contributed by atoms with Crippen LogP contribution in [0, 0.1) is 0 Å². The largest absolute Gasteiger partial charge is 0.508 e. The first kappa shape index (κ1) is 22.3. The zero-order valence-corrected chi connectivity index (χ0v) is 19.3. The van der Waals surface area contributed by atoms with Crippen molar-refractivity contribution in [2.24, 2.45) is 0 Å². The van der Waals surface area contributed by atoms with E-state index in [2.05, 4.69) is 0 Å². The van der Waals surface area contributed by atoms with E-state index < -0.39 is 11.9 Å². The number of hydrogen-bond acceptors (Lipinski definition) is 8. The third-order valence-electron chi connectivity index (χ3n) is 6.15. The average molecular weight is 474 g/mol. The summed E-state index contributed by atoms with van der Waals surface area (Å²) in [5.74, 6) is 0.860. The van der Waals surface area contributed by atoms with Crippen molar-refractivity contribution in [3.8, 4) is 39.9 Å². The number of phenols is 1. The van der Waals surface area contributed by atoms with Crippen LogP contribution in [0.15, 0.2) is 64.0 Å². The number of fused-ring (bicyclic) bond motifs is 3. The van der Waals surface area contributed by atoms with E-state index in [1.54, 1.807) is 36.4 Å². The fourth-order valence-electron chi connectivity index (χ4n) is 4.48. The molecule has 35 heavy (non-hydrogen) atoms. The lowest BCUT2D eigenvalue weighted by Gasteiger charge is -2.26. The summed E-state index contributed by atoms with van der Waals surface area (Å²) in [5.41, 5.74) is 2.38. The summed E-state index contributed by atoms with van der Waals surface area (Å²) in [6.07, 6.45) is 1.42. The number of rotatable bonds is 5. The Balaban J connectivity index is 1.73. The number of ether oxygens (including phenoxy) is 4. The van der Waals surface area contributed by atoms with Gasteiger partial charge in [0, 0.05) is 11.5 Å². The monoisotopic (exact) mass is 474 g/mol. The SMILES string of the molecule is COc1cc([C@H]2CC(=O)Oc3ccc4c(=O)c(-c5ccc(O)cc5)coc4c32)cc(OC)c1OC. The lowest BCUT2D eigenvalue weighted by Crippen LogP contribution is -2.22. The molecule has 0 radical (unpaired) electrons. The Morgan fingerprint density at radius 3 is 2.23 bits per heavy atom. The summed E-state index contributed by atoms with van der Waals surface area (Å²) >= 11 is 0. The molecule has 0 amide bonds. The minimum absolute atomic E-state index is 0.0359. The molecule has 1 aliphatic rings. The quantitative estimate of drug-likeness (QED) is 0.330. The van der Waals surface area contributed by atoms with Gasteiger partial charge in [0.2, 0.25) is 11.2 Å². The van der Waals surface area contributed by atoms with Gasteiger partial charge in [0.1, 0.15) is 23.3 Å². The van der Waals surface area contributed by atoms with Crippen molar-refractivity contribution in [3.63, 3.8) is 0 Å². The lowest BCUT2D eigenvalue weighted by atomic mass is 9.84. The first-order valence-corrected chi connectivity index (χ1v) is 10.8. The van der Waals surface area contributed by atoms with Crippen LogP contribution in [0.25, 0.3) is 22.1 Å². The second-order valence-corrected chi connectivity index (χ2v) is 8.07. The zero-order valence-electron chi connectivity index (χ0n) is 19.3. The van der Waals surface area contributed by atoms with Gasteiger partial charge in [-0.2, -0.15) is 0 Å². The van der Waals surface area contributed by atoms with Gasteiger partial charge < -0.3 is 28.5 Å². The first-order chi connectivity index (χ1) is 16.9. The van der Waals surface area contributed by atoms with Crippen molar-refractivity contribution in [2.75, 3.05) is 21.3 Å². The van der Waals surface area contributed by atoms with Crippen molar-refractivity contribution >= 4 is 16.9 Å². The van der Waals surface area contributed by atoms with Crippen molar-refractivity contribution < 1.29 is 33.3 Å². The molecule has 1 N–H and O–H groups in total. The molecule has 1 atom stereocenters. The zero-order chi connectivity index (χ0) is 24.7.